The van der Waals surface area contributed by atoms with Crippen LogP contribution in [0.2, 0.25) is 0 Å². The summed E-state index contributed by atoms with van der Waals surface area (Å²) in [5.41, 5.74) is 0.658. The molecule has 0 radical (unpaired) electrons. The van der Waals surface area contributed by atoms with Crippen molar-refractivity contribution in [3.8, 4) is 5.75 Å². The summed E-state index contributed by atoms with van der Waals surface area (Å²) in [5, 5.41) is 18.1. The van der Waals surface area contributed by atoms with Gasteiger partial charge in [-0.2, -0.15) is 0 Å². The minimum Gasteiger partial charge on any atom is -0.507 e. The third-order valence-corrected chi connectivity index (χ3v) is 2.27. The van der Waals surface area contributed by atoms with Crippen LogP contribution in [0, 0.1) is 0 Å². The zero-order chi connectivity index (χ0) is 11.6. The number of rotatable bonds is 3. The number of hydrogen-bond donors (Lipinski definition) is 2. The highest BCUT2D eigenvalue weighted by molar-refractivity contribution is 5.97. The van der Waals surface area contributed by atoms with Gasteiger partial charge in [0.05, 0.1) is 11.5 Å². The van der Waals surface area contributed by atoms with E-state index >= 15 is 0 Å². The summed E-state index contributed by atoms with van der Waals surface area (Å²) in [7, 11) is 0. The van der Waals surface area contributed by atoms with Gasteiger partial charge in [-0.05, 0) is 31.5 Å². The first-order valence-corrected chi connectivity index (χ1v) is 4.50. The lowest BCUT2D eigenvalue weighted by Gasteiger charge is -2.08. The number of benzene rings is 1. The molecule has 0 amide bonds. The normalized spacial score (nSPS) is 12.1. The summed E-state index contributed by atoms with van der Waals surface area (Å²) in [6, 6.07) is 4.25. The number of aromatic hydroxyl groups is 1. The molecule has 0 heterocycles. The topological polar surface area (TPSA) is 74.6 Å². The largest absolute Gasteiger partial charge is 0.507 e. The van der Waals surface area contributed by atoms with Crippen LogP contribution in [0.4, 0.5) is 0 Å². The van der Waals surface area contributed by atoms with E-state index in [1.807, 2.05) is 0 Å². The van der Waals surface area contributed by atoms with Crippen molar-refractivity contribution in [1.29, 1.82) is 0 Å². The molecule has 1 rings (SSSR count). The maximum absolute atomic E-state index is 11.1. The number of carboxylic acid groups (broad SMARTS) is 1. The van der Waals surface area contributed by atoms with Crippen molar-refractivity contribution < 1.29 is 19.8 Å². The number of carboxylic acids is 1. The Kier molecular flexibility index (Phi) is 3.09. The Morgan fingerprint density at radius 3 is 2.40 bits per heavy atom. The van der Waals surface area contributed by atoms with Crippen molar-refractivity contribution in [3.05, 3.63) is 29.3 Å². The van der Waals surface area contributed by atoms with Crippen molar-refractivity contribution in [2.75, 3.05) is 0 Å². The Balaban J connectivity index is 3.18. The fraction of sp³-hybridized carbons (Fsp3) is 0.273. The molecule has 0 bridgehead atoms. The average molecular weight is 208 g/mol. The minimum absolute atomic E-state index is 0.121. The van der Waals surface area contributed by atoms with Crippen molar-refractivity contribution >= 4 is 11.8 Å². The van der Waals surface area contributed by atoms with E-state index in [1.54, 1.807) is 0 Å². The van der Waals surface area contributed by atoms with Crippen molar-refractivity contribution in [2.45, 2.75) is 19.8 Å². The van der Waals surface area contributed by atoms with E-state index in [4.69, 9.17) is 5.11 Å². The molecule has 15 heavy (non-hydrogen) atoms. The standard InChI is InChI=1S/C11H12O4/c1-6(11(14)15)8-3-4-10(13)9(5-8)7(2)12/h3-6,13H,1-2H3,(H,14,15). The molecule has 1 atom stereocenters. The number of phenolic OH excluding ortho intramolecular Hbond substituents is 1. The lowest BCUT2D eigenvalue weighted by Crippen LogP contribution is -2.08. The van der Waals surface area contributed by atoms with E-state index in [9.17, 15) is 14.7 Å². The van der Waals surface area contributed by atoms with Crippen molar-refractivity contribution in [2.24, 2.45) is 0 Å². The van der Waals surface area contributed by atoms with E-state index in [2.05, 4.69) is 0 Å². The molecule has 80 valence electrons. The average Bonchev–Trinajstić information content (AvgIpc) is 2.16. The Morgan fingerprint density at radius 2 is 1.93 bits per heavy atom. The number of carbonyl (C=O) groups excluding carboxylic acids is 1. The molecule has 0 saturated heterocycles. The molecule has 2 N–H and O–H groups in total. The summed E-state index contributed by atoms with van der Waals surface area (Å²) in [6.45, 7) is 2.85. The number of hydrogen-bond acceptors (Lipinski definition) is 3. The molecule has 0 fully saturated rings. The van der Waals surface area contributed by atoms with Crippen molar-refractivity contribution in [1.82, 2.24) is 0 Å². The quantitative estimate of drug-likeness (QED) is 0.742. The third-order valence-electron chi connectivity index (χ3n) is 2.27. The van der Waals surface area contributed by atoms with Crippen LogP contribution < -0.4 is 0 Å². The zero-order valence-electron chi connectivity index (χ0n) is 8.52. The Labute approximate surface area is 87.2 Å². The molecule has 0 aliphatic carbocycles. The highest BCUT2D eigenvalue weighted by atomic mass is 16.4. The molecule has 0 aliphatic heterocycles. The number of Topliss-reactive ketones (excluding diaryl/α,β-unsaturated/α-hetero) is 1. The smallest absolute Gasteiger partial charge is 0.310 e. The maximum Gasteiger partial charge on any atom is 0.310 e. The SMILES string of the molecule is CC(=O)c1cc(C(C)C(=O)O)ccc1O. The van der Waals surface area contributed by atoms with E-state index in [0.29, 0.717) is 5.56 Å². The molecular formula is C11H12O4. The van der Waals surface area contributed by atoms with E-state index in [1.165, 1.54) is 32.0 Å². The van der Waals surface area contributed by atoms with Crippen LogP contribution in [0.15, 0.2) is 18.2 Å². The summed E-state index contributed by atoms with van der Waals surface area (Å²) >= 11 is 0. The van der Waals surface area contributed by atoms with Crippen LogP contribution in [0.5, 0.6) is 5.75 Å². The van der Waals surface area contributed by atoms with Gasteiger partial charge in [0.1, 0.15) is 5.75 Å². The summed E-state index contributed by atoms with van der Waals surface area (Å²) in [5.74, 6) is -2.06. The molecule has 4 nitrogen and oxygen atoms in total. The third kappa shape index (κ3) is 2.34. The summed E-state index contributed by atoms with van der Waals surface area (Å²) in [6.07, 6.45) is 0. The molecule has 1 unspecified atom stereocenters. The first-order valence-electron chi connectivity index (χ1n) is 4.50. The van der Waals surface area contributed by atoms with E-state index in [0.717, 1.165) is 0 Å². The minimum atomic E-state index is -0.963. The van der Waals surface area contributed by atoms with E-state index in [-0.39, 0.29) is 17.1 Å². The van der Waals surface area contributed by atoms with Crippen LogP contribution in [0.3, 0.4) is 0 Å². The number of ketones is 1. The number of phenols is 1. The van der Waals surface area contributed by atoms with Crippen molar-refractivity contribution in [3.63, 3.8) is 0 Å². The molecule has 0 spiro atoms. The number of aliphatic carboxylic acids is 1. The van der Waals surface area contributed by atoms with Gasteiger partial charge in [-0.25, -0.2) is 0 Å². The van der Waals surface area contributed by atoms with Gasteiger partial charge in [-0.3, -0.25) is 9.59 Å². The first-order chi connectivity index (χ1) is 6.93. The predicted octanol–water partition coefficient (Wildman–Crippen LogP) is 1.78. The Morgan fingerprint density at radius 1 is 1.33 bits per heavy atom. The highest BCUT2D eigenvalue weighted by Gasteiger charge is 2.16. The van der Waals surface area contributed by atoms with Gasteiger partial charge in [-0.1, -0.05) is 6.07 Å². The van der Waals surface area contributed by atoms with Gasteiger partial charge >= 0.3 is 5.97 Å². The fourth-order valence-corrected chi connectivity index (χ4v) is 1.25. The Hall–Kier alpha value is -1.84. The first kappa shape index (κ1) is 11.2. The summed E-state index contributed by atoms with van der Waals surface area (Å²) in [4.78, 5) is 21.8. The zero-order valence-corrected chi connectivity index (χ0v) is 8.52. The Bertz CT molecular complexity index is 409. The second kappa shape index (κ2) is 4.13. The number of carbonyl (C=O) groups is 2. The molecule has 0 aromatic heterocycles. The second-order valence-electron chi connectivity index (χ2n) is 3.39. The molecule has 0 saturated carbocycles. The lowest BCUT2D eigenvalue weighted by molar-refractivity contribution is -0.138. The van der Waals surface area contributed by atoms with Gasteiger partial charge < -0.3 is 10.2 Å². The van der Waals surface area contributed by atoms with Crippen LogP contribution in [-0.2, 0) is 4.79 Å². The van der Waals surface area contributed by atoms with Crippen LogP contribution in [0.1, 0.15) is 35.7 Å². The molecule has 0 aliphatic rings. The van der Waals surface area contributed by atoms with Gasteiger partial charge in [-0.15, -0.1) is 0 Å². The van der Waals surface area contributed by atoms with Crippen LogP contribution in [-0.4, -0.2) is 22.0 Å². The maximum atomic E-state index is 11.1. The molecule has 4 heteroatoms. The monoisotopic (exact) mass is 208 g/mol. The van der Waals surface area contributed by atoms with Gasteiger partial charge in [0, 0.05) is 0 Å². The fourth-order valence-electron chi connectivity index (χ4n) is 1.25. The van der Waals surface area contributed by atoms with Gasteiger partial charge in [0.2, 0.25) is 0 Å². The predicted molar refractivity (Wildman–Crippen MR) is 54.2 cm³/mol. The van der Waals surface area contributed by atoms with E-state index < -0.39 is 11.9 Å². The molecular weight excluding hydrogens is 196 g/mol. The van der Waals surface area contributed by atoms with Gasteiger partial charge in [0.25, 0.3) is 0 Å². The molecule has 1 aromatic carbocycles. The second-order valence-corrected chi connectivity index (χ2v) is 3.39. The lowest BCUT2D eigenvalue weighted by atomic mass is 9.97. The van der Waals surface area contributed by atoms with Crippen LogP contribution >= 0.6 is 0 Å². The summed E-state index contributed by atoms with van der Waals surface area (Å²) < 4.78 is 0. The van der Waals surface area contributed by atoms with Crippen LogP contribution in [0.25, 0.3) is 0 Å². The molecule has 1 aromatic rings. The van der Waals surface area contributed by atoms with Gasteiger partial charge in [0.15, 0.2) is 5.78 Å². The highest BCUT2D eigenvalue weighted by Crippen LogP contribution is 2.23.